The minimum atomic E-state index is 0.130. The average molecular weight is 358 g/mol. The lowest BCUT2D eigenvalue weighted by atomic mass is 9.97. The monoisotopic (exact) mass is 358 g/mol. The Morgan fingerprint density at radius 2 is 1.89 bits per heavy atom. The van der Waals surface area contributed by atoms with Gasteiger partial charge in [0.05, 0.1) is 16.8 Å². The number of hydrogen-bond acceptors (Lipinski definition) is 2. The zero-order valence-corrected chi connectivity index (χ0v) is 16.3. The van der Waals surface area contributed by atoms with Crippen molar-refractivity contribution in [1.82, 2.24) is 9.88 Å². The maximum Gasteiger partial charge on any atom is 0.254 e. The molecule has 0 spiro atoms. The number of carbonyl (C=O) groups excluding carboxylic acids is 1. The van der Waals surface area contributed by atoms with Crippen LogP contribution in [0.3, 0.4) is 0 Å². The molecule has 3 heteroatoms. The molecular weight excluding hydrogens is 332 g/mol. The molecule has 1 aliphatic heterocycles. The molecule has 1 aliphatic rings. The van der Waals surface area contributed by atoms with E-state index in [1.165, 1.54) is 17.5 Å². The molecule has 2 aromatic carbocycles. The number of likely N-dealkylation sites (tertiary alicyclic amines) is 1. The summed E-state index contributed by atoms with van der Waals surface area (Å²) >= 11 is 0. The van der Waals surface area contributed by atoms with Gasteiger partial charge in [-0.15, -0.1) is 0 Å². The third-order valence-corrected chi connectivity index (χ3v) is 5.69. The number of carbonyl (C=O) groups is 1. The van der Waals surface area contributed by atoms with E-state index in [0.29, 0.717) is 5.92 Å². The predicted octanol–water partition coefficient (Wildman–Crippen LogP) is 5.39. The molecule has 4 rings (SSSR count). The van der Waals surface area contributed by atoms with E-state index in [2.05, 4.69) is 39.0 Å². The molecule has 0 aliphatic carbocycles. The van der Waals surface area contributed by atoms with Gasteiger partial charge in [0, 0.05) is 24.0 Å². The van der Waals surface area contributed by atoms with Gasteiger partial charge in [-0.25, -0.2) is 4.98 Å². The minimum absolute atomic E-state index is 0.130. The molecule has 0 N–H and O–H groups in total. The van der Waals surface area contributed by atoms with Crippen LogP contribution in [-0.2, 0) is 0 Å². The first-order chi connectivity index (χ1) is 13.0. The third kappa shape index (κ3) is 3.46. The number of hydrogen-bond donors (Lipinski definition) is 0. The van der Waals surface area contributed by atoms with Crippen LogP contribution < -0.4 is 0 Å². The maximum atomic E-state index is 13.4. The molecule has 27 heavy (non-hydrogen) atoms. The second-order valence-electron chi connectivity index (χ2n) is 7.87. The molecular formula is C24H26N2O. The minimum Gasteiger partial charge on any atom is -0.338 e. The lowest BCUT2D eigenvalue weighted by molar-refractivity contribution is 0.0685. The third-order valence-electron chi connectivity index (χ3n) is 5.69. The molecule has 1 aromatic heterocycles. The summed E-state index contributed by atoms with van der Waals surface area (Å²) in [5.41, 5.74) is 6.07. The van der Waals surface area contributed by atoms with Crippen molar-refractivity contribution in [3.05, 3.63) is 65.2 Å². The molecule has 0 bridgehead atoms. The highest BCUT2D eigenvalue weighted by Crippen LogP contribution is 2.28. The largest absolute Gasteiger partial charge is 0.338 e. The Kier molecular flexibility index (Phi) is 4.69. The number of amides is 1. The van der Waals surface area contributed by atoms with Crippen LogP contribution in [0.5, 0.6) is 0 Å². The first kappa shape index (κ1) is 17.7. The van der Waals surface area contributed by atoms with Crippen molar-refractivity contribution < 1.29 is 4.79 Å². The first-order valence-corrected chi connectivity index (χ1v) is 9.79. The van der Waals surface area contributed by atoms with Gasteiger partial charge in [-0.1, -0.05) is 37.3 Å². The summed E-state index contributed by atoms with van der Waals surface area (Å²) in [4.78, 5) is 20.2. The molecule has 1 atom stereocenters. The van der Waals surface area contributed by atoms with Crippen molar-refractivity contribution in [2.75, 3.05) is 13.1 Å². The Balaban J connectivity index is 1.83. The number of para-hydroxylation sites is 1. The van der Waals surface area contributed by atoms with Crippen LogP contribution in [0.25, 0.3) is 22.2 Å². The van der Waals surface area contributed by atoms with Crippen LogP contribution in [0.4, 0.5) is 0 Å². The van der Waals surface area contributed by atoms with Gasteiger partial charge in [0.15, 0.2) is 0 Å². The van der Waals surface area contributed by atoms with Gasteiger partial charge in [0.1, 0.15) is 0 Å². The number of piperidine rings is 1. The number of aryl methyl sites for hydroxylation is 2. The highest BCUT2D eigenvalue weighted by molar-refractivity contribution is 6.07. The topological polar surface area (TPSA) is 33.2 Å². The van der Waals surface area contributed by atoms with E-state index in [9.17, 15) is 4.79 Å². The number of fused-ring (bicyclic) bond motifs is 1. The molecule has 1 saturated heterocycles. The van der Waals surface area contributed by atoms with Crippen molar-refractivity contribution in [1.29, 1.82) is 0 Å². The van der Waals surface area contributed by atoms with Crippen LogP contribution >= 0.6 is 0 Å². The molecule has 0 saturated carbocycles. The highest BCUT2D eigenvalue weighted by atomic mass is 16.2. The number of nitrogens with zero attached hydrogens (tertiary/aromatic N) is 2. The zero-order chi connectivity index (χ0) is 19.0. The molecule has 3 nitrogen and oxygen atoms in total. The van der Waals surface area contributed by atoms with Crippen LogP contribution in [0.15, 0.2) is 48.5 Å². The summed E-state index contributed by atoms with van der Waals surface area (Å²) in [5, 5.41) is 0.938. The molecule has 2 heterocycles. The Morgan fingerprint density at radius 3 is 2.67 bits per heavy atom. The Bertz CT molecular complexity index is 1010. The number of rotatable bonds is 2. The van der Waals surface area contributed by atoms with E-state index >= 15 is 0 Å². The van der Waals surface area contributed by atoms with Crippen LogP contribution in [-0.4, -0.2) is 28.9 Å². The molecule has 138 valence electrons. The molecule has 3 aromatic rings. The second-order valence-corrected chi connectivity index (χ2v) is 7.87. The van der Waals surface area contributed by atoms with E-state index < -0.39 is 0 Å². The summed E-state index contributed by atoms with van der Waals surface area (Å²) in [6.45, 7) is 8.14. The van der Waals surface area contributed by atoms with Crippen molar-refractivity contribution in [3.63, 3.8) is 0 Å². The predicted molar refractivity (Wildman–Crippen MR) is 111 cm³/mol. The fraction of sp³-hybridized carbons (Fsp3) is 0.333. The van der Waals surface area contributed by atoms with Gasteiger partial charge < -0.3 is 4.90 Å². The highest BCUT2D eigenvalue weighted by Gasteiger charge is 2.24. The summed E-state index contributed by atoms with van der Waals surface area (Å²) in [5.74, 6) is 0.695. The smallest absolute Gasteiger partial charge is 0.254 e. The normalized spacial score (nSPS) is 17.3. The Morgan fingerprint density at radius 1 is 1.07 bits per heavy atom. The number of aromatic nitrogens is 1. The molecule has 1 unspecified atom stereocenters. The number of benzene rings is 2. The van der Waals surface area contributed by atoms with E-state index in [1.807, 2.05) is 35.2 Å². The van der Waals surface area contributed by atoms with Crippen LogP contribution in [0.2, 0.25) is 0 Å². The molecule has 1 amide bonds. The van der Waals surface area contributed by atoms with E-state index in [4.69, 9.17) is 4.98 Å². The summed E-state index contributed by atoms with van der Waals surface area (Å²) < 4.78 is 0. The van der Waals surface area contributed by atoms with Gasteiger partial charge in [0.2, 0.25) is 0 Å². The zero-order valence-electron chi connectivity index (χ0n) is 16.3. The average Bonchev–Trinajstić information content (AvgIpc) is 2.68. The standard InChI is InChI=1S/C24H26N2O/c1-16-7-6-12-26(15-16)24(27)21-14-23(19-11-10-17(2)18(3)13-19)25-22-9-5-4-8-20(21)22/h4-5,8-11,13-14,16H,6-7,12,15H2,1-3H3. The Labute approximate surface area is 161 Å². The fourth-order valence-electron chi connectivity index (χ4n) is 3.95. The summed E-state index contributed by atoms with van der Waals surface area (Å²) in [7, 11) is 0. The lowest BCUT2D eigenvalue weighted by Gasteiger charge is -2.31. The second kappa shape index (κ2) is 7.15. The van der Waals surface area contributed by atoms with Crippen molar-refractivity contribution in [2.45, 2.75) is 33.6 Å². The Hall–Kier alpha value is -2.68. The summed E-state index contributed by atoms with van der Waals surface area (Å²) in [6.07, 6.45) is 2.29. The van der Waals surface area contributed by atoms with Gasteiger partial charge in [-0.2, -0.15) is 0 Å². The first-order valence-electron chi connectivity index (χ1n) is 9.79. The van der Waals surface area contributed by atoms with Crippen LogP contribution in [0, 0.1) is 19.8 Å². The van der Waals surface area contributed by atoms with Gasteiger partial charge in [-0.3, -0.25) is 4.79 Å². The fourth-order valence-corrected chi connectivity index (χ4v) is 3.95. The van der Waals surface area contributed by atoms with Crippen LogP contribution in [0.1, 0.15) is 41.3 Å². The quantitative estimate of drug-likeness (QED) is 0.615. The van der Waals surface area contributed by atoms with E-state index in [0.717, 1.165) is 47.2 Å². The number of pyridine rings is 1. The van der Waals surface area contributed by atoms with Crippen molar-refractivity contribution >= 4 is 16.8 Å². The van der Waals surface area contributed by atoms with E-state index in [1.54, 1.807) is 0 Å². The van der Waals surface area contributed by atoms with E-state index in [-0.39, 0.29) is 5.91 Å². The summed E-state index contributed by atoms with van der Waals surface area (Å²) in [6, 6.07) is 16.3. The SMILES string of the molecule is Cc1ccc(-c2cc(C(=O)N3CCCC(C)C3)c3ccccc3n2)cc1C. The van der Waals surface area contributed by atoms with Gasteiger partial charge in [-0.05, 0) is 61.9 Å². The van der Waals surface area contributed by atoms with Crippen molar-refractivity contribution in [2.24, 2.45) is 5.92 Å². The lowest BCUT2D eigenvalue weighted by Crippen LogP contribution is -2.39. The van der Waals surface area contributed by atoms with Crippen molar-refractivity contribution in [3.8, 4) is 11.3 Å². The van der Waals surface area contributed by atoms with Gasteiger partial charge >= 0.3 is 0 Å². The molecule has 0 radical (unpaired) electrons. The maximum absolute atomic E-state index is 13.4. The van der Waals surface area contributed by atoms with Gasteiger partial charge in [0.25, 0.3) is 5.91 Å². The molecule has 1 fully saturated rings.